The molecule has 0 fully saturated rings. The maximum Gasteiger partial charge on any atom is 0.127 e. The van der Waals surface area contributed by atoms with Crippen LogP contribution in [-0.4, -0.2) is 0 Å². The third-order valence-electron chi connectivity index (χ3n) is 2.18. The molecule has 76 valence electrons. The van der Waals surface area contributed by atoms with Gasteiger partial charge in [-0.15, -0.1) is 0 Å². The molecule has 1 heteroatoms. The first kappa shape index (κ1) is 9.78. The molecular weight excluding hydrogens is 184 g/mol. The fourth-order valence-corrected chi connectivity index (χ4v) is 1.47. The second kappa shape index (κ2) is 4.65. The Morgan fingerprint density at radius 1 is 1.13 bits per heavy atom. The van der Waals surface area contributed by atoms with E-state index >= 15 is 0 Å². The van der Waals surface area contributed by atoms with Crippen molar-refractivity contribution < 1.29 is 4.74 Å². The second-order valence-corrected chi connectivity index (χ2v) is 3.55. The maximum atomic E-state index is 5.75. The van der Waals surface area contributed by atoms with Crippen LogP contribution >= 0.6 is 0 Å². The van der Waals surface area contributed by atoms with E-state index in [0.717, 1.165) is 17.9 Å². The van der Waals surface area contributed by atoms with Crippen molar-refractivity contribution in [3.8, 4) is 5.75 Å². The molecule has 1 aliphatic carbocycles. The molecule has 0 aliphatic heterocycles. The summed E-state index contributed by atoms with van der Waals surface area (Å²) >= 11 is 0. The van der Waals surface area contributed by atoms with Crippen molar-refractivity contribution in [2.24, 2.45) is 0 Å². The van der Waals surface area contributed by atoms with Crippen LogP contribution in [0.1, 0.15) is 13.3 Å². The Labute approximate surface area is 90.4 Å². The van der Waals surface area contributed by atoms with Gasteiger partial charge in [0, 0.05) is 0 Å². The first-order valence-corrected chi connectivity index (χ1v) is 5.12. The molecule has 0 heterocycles. The highest BCUT2D eigenvalue weighted by atomic mass is 16.5. The average molecular weight is 198 g/mol. The molecule has 0 N–H and O–H groups in total. The minimum atomic E-state index is 0.884. The maximum absolute atomic E-state index is 5.75. The molecule has 1 aliphatic rings. The second-order valence-electron chi connectivity index (χ2n) is 3.55. The number of hydrogen-bond acceptors (Lipinski definition) is 1. The van der Waals surface area contributed by atoms with E-state index in [9.17, 15) is 0 Å². The Balaban J connectivity index is 2.13. The van der Waals surface area contributed by atoms with Crippen molar-refractivity contribution in [3.63, 3.8) is 0 Å². The highest BCUT2D eigenvalue weighted by molar-refractivity contribution is 5.33. The predicted octanol–water partition coefficient (Wildman–Crippen LogP) is 3.86. The molecule has 0 atom stereocenters. The fourth-order valence-electron chi connectivity index (χ4n) is 1.47. The van der Waals surface area contributed by atoms with E-state index in [4.69, 9.17) is 4.74 Å². The summed E-state index contributed by atoms with van der Waals surface area (Å²) in [6.45, 7) is 2.07. The zero-order chi connectivity index (χ0) is 10.5. The molecule has 0 bridgehead atoms. The van der Waals surface area contributed by atoms with Crippen molar-refractivity contribution in [3.05, 3.63) is 66.0 Å². The molecule has 1 aromatic carbocycles. The monoisotopic (exact) mass is 198 g/mol. The van der Waals surface area contributed by atoms with Gasteiger partial charge in [-0.25, -0.2) is 0 Å². The van der Waals surface area contributed by atoms with Crippen LogP contribution < -0.4 is 4.74 Å². The zero-order valence-corrected chi connectivity index (χ0v) is 8.81. The number of benzene rings is 1. The SMILES string of the molecule is CC1=CC(Oc2ccccc2)=CCC=C1. The van der Waals surface area contributed by atoms with Crippen molar-refractivity contribution >= 4 is 0 Å². The topological polar surface area (TPSA) is 9.23 Å². The molecule has 0 spiro atoms. The third kappa shape index (κ3) is 2.84. The van der Waals surface area contributed by atoms with E-state index in [2.05, 4.69) is 31.2 Å². The summed E-state index contributed by atoms with van der Waals surface area (Å²) in [4.78, 5) is 0. The van der Waals surface area contributed by atoms with Crippen LogP contribution in [0.3, 0.4) is 0 Å². The van der Waals surface area contributed by atoms with Gasteiger partial charge in [-0.05, 0) is 43.2 Å². The Morgan fingerprint density at radius 3 is 2.73 bits per heavy atom. The van der Waals surface area contributed by atoms with Crippen LogP contribution in [0.25, 0.3) is 0 Å². The summed E-state index contributed by atoms with van der Waals surface area (Å²) in [5, 5.41) is 0. The van der Waals surface area contributed by atoms with Gasteiger partial charge in [-0.2, -0.15) is 0 Å². The van der Waals surface area contributed by atoms with Gasteiger partial charge in [-0.3, -0.25) is 0 Å². The predicted molar refractivity (Wildman–Crippen MR) is 62.7 cm³/mol. The Hall–Kier alpha value is -1.76. The molecule has 0 saturated carbocycles. The molecule has 1 nitrogen and oxygen atoms in total. The van der Waals surface area contributed by atoms with Crippen molar-refractivity contribution in [1.82, 2.24) is 0 Å². The summed E-state index contributed by atoms with van der Waals surface area (Å²) in [7, 11) is 0. The summed E-state index contributed by atoms with van der Waals surface area (Å²) in [5.74, 6) is 1.80. The summed E-state index contributed by atoms with van der Waals surface area (Å²) < 4.78 is 5.75. The molecular formula is C14H14O. The van der Waals surface area contributed by atoms with E-state index in [1.807, 2.05) is 30.3 Å². The van der Waals surface area contributed by atoms with Gasteiger partial charge in [0.2, 0.25) is 0 Å². The van der Waals surface area contributed by atoms with Crippen LogP contribution in [0.4, 0.5) is 0 Å². The molecule has 15 heavy (non-hydrogen) atoms. The Bertz CT molecular complexity index is 410. The van der Waals surface area contributed by atoms with Crippen LogP contribution in [0.15, 0.2) is 66.0 Å². The molecule has 0 saturated heterocycles. The van der Waals surface area contributed by atoms with Crippen LogP contribution in [0, 0.1) is 0 Å². The minimum absolute atomic E-state index is 0.884. The molecule has 0 radical (unpaired) electrons. The fraction of sp³-hybridized carbons (Fsp3) is 0.143. The normalized spacial score (nSPS) is 15.3. The smallest absolute Gasteiger partial charge is 0.127 e. The lowest BCUT2D eigenvalue weighted by Gasteiger charge is -2.05. The van der Waals surface area contributed by atoms with Crippen LogP contribution in [0.5, 0.6) is 5.75 Å². The molecule has 0 aromatic heterocycles. The summed E-state index contributed by atoms with van der Waals surface area (Å²) in [5.41, 5.74) is 1.22. The minimum Gasteiger partial charge on any atom is -0.458 e. The van der Waals surface area contributed by atoms with Gasteiger partial charge >= 0.3 is 0 Å². The number of ether oxygens (including phenoxy) is 1. The zero-order valence-electron chi connectivity index (χ0n) is 8.81. The molecule has 0 amide bonds. The number of rotatable bonds is 2. The average Bonchev–Trinajstić information content (AvgIpc) is 2.44. The van der Waals surface area contributed by atoms with E-state index < -0.39 is 0 Å². The van der Waals surface area contributed by atoms with Gasteiger partial charge in [0.05, 0.1) is 0 Å². The number of para-hydroxylation sites is 1. The van der Waals surface area contributed by atoms with Gasteiger partial charge in [0.15, 0.2) is 0 Å². The van der Waals surface area contributed by atoms with Gasteiger partial charge in [0.25, 0.3) is 0 Å². The van der Waals surface area contributed by atoms with Gasteiger partial charge in [0.1, 0.15) is 11.5 Å². The summed E-state index contributed by atoms with van der Waals surface area (Å²) in [6.07, 6.45) is 9.30. The van der Waals surface area contributed by atoms with Gasteiger partial charge in [-0.1, -0.05) is 30.4 Å². The lowest BCUT2D eigenvalue weighted by Crippen LogP contribution is -1.91. The van der Waals surface area contributed by atoms with Gasteiger partial charge < -0.3 is 4.74 Å². The third-order valence-corrected chi connectivity index (χ3v) is 2.18. The van der Waals surface area contributed by atoms with E-state index in [1.54, 1.807) is 0 Å². The van der Waals surface area contributed by atoms with Crippen LogP contribution in [0.2, 0.25) is 0 Å². The quantitative estimate of drug-likeness (QED) is 0.701. The van der Waals surface area contributed by atoms with Crippen molar-refractivity contribution in [1.29, 1.82) is 0 Å². The van der Waals surface area contributed by atoms with Crippen LogP contribution in [-0.2, 0) is 0 Å². The standard InChI is InChI=1S/C14H14O/c1-12-7-5-6-10-14(11-12)15-13-8-3-2-4-9-13/h2-5,7-11H,6H2,1H3. The first-order chi connectivity index (χ1) is 7.34. The number of hydrogen-bond donors (Lipinski definition) is 0. The number of allylic oxidation sites excluding steroid dienone is 5. The molecule has 2 rings (SSSR count). The van der Waals surface area contributed by atoms with E-state index in [-0.39, 0.29) is 0 Å². The first-order valence-electron chi connectivity index (χ1n) is 5.12. The Kier molecular flexibility index (Phi) is 3.03. The summed E-state index contributed by atoms with van der Waals surface area (Å²) in [6, 6.07) is 9.85. The lowest BCUT2D eigenvalue weighted by atomic mass is 10.2. The largest absolute Gasteiger partial charge is 0.458 e. The van der Waals surface area contributed by atoms with E-state index in [1.165, 1.54) is 5.57 Å². The van der Waals surface area contributed by atoms with E-state index in [0.29, 0.717) is 0 Å². The molecule has 0 unspecified atom stereocenters. The molecule has 1 aromatic rings. The highest BCUT2D eigenvalue weighted by Gasteiger charge is 1.99. The highest BCUT2D eigenvalue weighted by Crippen LogP contribution is 2.17. The lowest BCUT2D eigenvalue weighted by molar-refractivity contribution is 0.442. The van der Waals surface area contributed by atoms with Crippen molar-refractivity contribution in [2.75, 3.05) is 0 Å². The van der Waals surface area contributed by atoms with Crippen molar-refractivity contribution in [2.45, 2.75) is 13.3 Å². The Morgan fingerprint density at radius 2 is 1.93 bits per heavy atom.